The highest BCUT2D eigenvalue weighted by Gasteiger charge is 2.43. The van der Waals surface area contributed by atoms with Gasteiger partial charge < -0.3 is 10.2 Å². The summed E-state index contributed by atoms with van der Waals surface area (Å²) in [7, 11) is 4.34. The van der Waals surface area contributed by atoms with Gasteiger partial charge in [0.05, 0.1) is 6.04 Å². The quantitative estimate of drug-likeness (QED) is 0.178. The molecule has 1 saturated carbocycles. The van der Waals surface area contributed by atoms with Crippen molar-refractivity contribution in [3.05, 3.63) is 197 Å². The molecule has 1 aliphatic heterocycles. The molecule has 9 rings (SSSR count). The minimum absolute atomic E-state index is 0.144. The summed E-state index contributed by atoms with van der Waals surface area (Å²) in [4.78, 5) is 2.41. The molecule has 3 aliphatic rings. The Kier molecular flexibility index (Phi) is 9.02. The largest absolute Gasteiger partial charge is 0.347 e. The third-order valence-electron chi connectivity index (χ3n) is 12.8. The summed E-state index contributed by atoms with van der Waals surface area (Å²) in [6.45, 7) is 9.59. The number of allylic oxidation sites excluding steroid dienone is 7. The van der Waals surface area contributed by atoms with E-state index >= 15 is 0 Å². The SMILES string of the molecule is CNC1/C(=C/C=C2\CCCC(=CC=C3N(C)c4ccc5ccccc5c4C3(C)C)C2=[N+](c2ccccc2)c2ccccc2)C(C)(C)c2c1ccc1ccccc21. The van der Waals surface area contributed by atoms with Crippen LogP contribution in [0.4, 0.5) is 17.1 Å². The maximum absolute atomic E-state index is 3.72. The summed E-state index contributed by atoms with van der Waals surface area (Å²) in [6.07, 6.45) is 12.9. The third kappa shape index (κ3) is 5.80. The van der Waals surface area contributed by atoms with E-state index in [0.29, 0.717) is 0 Å². The summed E-state index contributed by atoms with van der Waals surface area (Å²) < 4.78 is 2.50. The van der Waals surface area contributed by atoms with E-state index in [2.05, 4.69) is 214 Å². The minimum atomic E-state index is -0.159. The monoisotopic (exact) mass is 730 g/mol. The summed E-state index contributed by atoms with van der Waals surface area (Å²) in [6, 6.07) is 48.9. The van der Waals surface area contributed by atoms with Crippen LogP contribution in [-0.4, -0.2) is 19.8 Å². The lowest BCUT2D eigenvalue weighted by molar-refractivity contribution is 0.586. The van der Waals surface area contributed by atoms with Gasteiger partial charge in [-0.15, -0.1) is 0 Å². The summed E-state index contributed by atoms with van der Waals surface area (Å²) in [5, 5.41) is 9.00. The van der Waals surface area contributed by atoms with Crippen LogP contribution in [0.3, 0.4) is 0 Å². The van der Waals surface area contributed by atoms with Crippen LogP contribution in [-0.2, 0) is 10.8 Å². The Balaban J connectivity index is 1.24. The maximum Gasteiger partial charge on any atom is 0.218 e. The minimum Gasteiger partial charge on any atom is -0.347 e. The molecular formula is C53H52N3+. The van der Waals surface area contributed by atoms with Crippen molar-refractivity contribution in [3.63, 3.8) is 0 Å². The Morgan fingerprint density at radius 2 is 1.12 bits per heavy atom. The number of fused-ring (bicyclic) bond motifs is 6. The number of anilines is 1. The van der Waals surface area contributed by atoms with Crippen LogP contribution in [0.5, 0.6) is 0 Å². The fourth-order valence-corrected chi connectivity index (χ4v) is 10.2. The standard InChI is InChI=1S/C53H52N3/c1-52(2)45(50(54-5)44-32-28-36-18-13-15-26-42(36)48(44)52)33-29-38-20-17-21-39(51(38)56(40-22-9-7-10-23-40)41-24-11-8-12-25-41)31-35-47-53(3,4)49-43-27-16-14-19-37(43)30-34-46(49)55(47)6/h7-16,18-19,22-35,50,54H,17,20-21H2,1-6H3/q+1/b38-29+,45-33-. The van der Waals surface area contributed by atoms with Gasteiger partial charge in [-0.05, 0) is 82.3 Å². The molecule has 1 N–H and O–H groups in total. The van der Waals surface area contributed by atoms with Gasteiger partial charge in [0.1, 0.15) is 0 Å². The molecule has 0 saturated heterocycles. The van der Waals surface area contributed by atoms with E-state index in [0.717, 1.165) is 30.6 Å². The Bertz CT molecular complexity index is 2610. The number of likely N-dealkylation sites (N-methyl/N-ethyl adjacent to an activating group) is 2. The number of rotatable bonds is 5. The molecule has 56 heavy (non-hydrogen) atoms. The van der Waals surface area contributed by atoms with Crippen molar-refractivity contribution >= 4 is 44.3 Å². The van der Waals surface area contributed by atoms with E-state index in [-0.39, 0.29) is 16.9 Å². The van der Waals surface area contributed by atoms with E-state index in [1.54, 1.807) is 0 Å². The molecule has 0 radical (unpaired) electrons. The van der Waals surface area contributed by atoms with E-state index in [1.807, 2.05) is 0 Å². The predicted molar refractivity (Wildman–Crippen MR) is 240 cm³/mol. The van der Waals surface area contributed by atoms with Crippen molar-refractivity contribution in [2.24, 2.45) is 0 Å². The molecule has 6 aromatic rings. The molecule has 2 aliphatic carbocycles. The van der Waals surface area contributed by atoms with Gasteiger partial charge in [0.15, 0.2) is 0 Å². The second-order valence-corrected chi connectivity index (χ2v) is 16.7. The van der Waals surface area contributed by atoms with E-state index < -0.39 is 0 Å². The fourth-order valence-electron chi connectivity index (χ4n) is 10.2. The van der Waals surface area contributed by atoms with Crippen molar-refractivity contribution in [2.75, 3.05) is 19.0 Å². The van der Waals surface area contributed by atoms with Gasteiger partial charge in [0.25, 0.3) is 0 Å². The highest BCUT2D eigenvalue weighted by atomic mass is 15.2. The van der Waals surface area contributed by atoms with E-state index in [9.17, 15) is 0 Å². The Hall–Kier alpha value is -5.77. The first kappa shape index (κ1) is 35.9. The second kappa shape index (κ2) is 14.1. The van der Waals surface area contributed by atoms with Crippen LogP contribution in [0.15, 0.2) is 180 Å². The van der Waals surface area contributed by atoms with E-state index in [1.165, 1.54) is 72.1 Å². The average Bonchev–Trinajstić information content (AvgIpc) is 3.57. The lowest BCUT2D eigenvalue weighted by Gasteiger charge is -2.26. The number of hydrogen-bond acceptors (Lipinski definition) is 2. The number of nitrogens with one attached hydrogen (secondary N) is 1. The topological polar surface area (TPSA) is 18.3 Å². The first-order chi connectivity index (χ1) is 27.2. The Morgan fingerprint density at radius 1 is 0.589 bits per heavy atom. The molecule has 1 heterocycles. The smallest absolute Gasteiger partial charge is 0.218 e. The lowest BCUT2D eigenvalue weighted by atomic mass is 9.79. The molecule has 278 valence electrons. The average molecular weight is 731 g/mol. The zero-order valence-electron chi connectivity index (χ0n) is 33.6. The van der Waals surface area contributed by atoms with Crippen molar-refractivity contribution in [1.82, 2.24) is 9.89 Å². The molecule has 1 atom stereocenters. The molecule has 0 aromatic heterocycles. The second-order valence-electron chi connectivity index (χ2n) is 16.7. The number of hydrogen-bond donors (Lipinski definition) is 1. The molecular weight excluding hydrogens is 679 g/mol. The predicted octanol–water partition coefficient (Wildman–Crippen LogP) is 12.8. The molecule has 6 aromatic carbocycles. The van der Waals surface area contributed by atoms with Crippen LogP contribution >= 0.6 is 0 Å². The highest BCUT2D eigenvalue weighted by molar-refractivity contribution is 6.16. The van der Waals surface area contributed by atoms with E-state index in [4.69, 9.17) is 0 Å². The Labute approximate surface area is 332 Å². The van der Waals surface area contributed by atoms with Gasteiger partial charge >= 0.3 is 0 Å². The first-order valence-electron chi connectivity index (χ1n) is 20.3. The third-order valence-corrected chi connectivity index (χ3v) is 12.8. The highest BCUT2D eigenvalue weighted by Crippen LogP contribution is 2.52. The maximum atomic E-state index is 3.72. The number of benzene rings is 6. The van der Waals surface area contributed by atoms with Crippen molar-refractivity contribution in [3.8, 4) is 0 Å². The van der Waals surface area contributed by atoms with Crippen molar-refractivity contribution in [1.29, 1.82) is 0 Å². The van der Waals surface area contributed by atoms with Gasteiger partial charge in [0, 0.05) is 64.7 Å². The fraction of sp³-hybridized carbons (Fsp3) is 0.226. The van der Waals surface area contributed by atoms with Gasteiger partial charge in [-0.25, -0.2) is 0 Å². The van der Waals surface area contributed by atoms with Crippen LogP contribution in [0.1, 0.15) is 69.7 Å². The lowest BCUT2D eigenvalue weighted by Crippen LogP contribution is -2.26. The van der Waals surface area contributed by atoms with Crippen LogP contribution in [0.25, 0.3) is 21.5 Å². The summed E-state index contributed by atoms with van der Waals surface area (Å²) >= 11 is 0. The van der Waals surface area contributed by atoms with Crippen LogP contribution in [0, 0.1) is 0 Å². The Morgan fingerprint density at radius 3 is 1.73 bits per heavy atom. The molecule has 0 bridgehead atoms. The number of nitrogens with zero attached hydrogens (tertiary/aromatic N) is 2. The molecule has 1 unspecified atom stereocenters. The van der Waals surface area contributed by atoms with Gasteiger partial charge in [-0.1, -0.05) is 149 Å². The molecule has 3 nitrogen and oxygen atoms in total. The molecule has 0 amide bonds. The van der Waals surface area contributed by atoms with Gasteiger partial charge in [-0.3, -0.25) is 0 Å². The van der Waals surface area contributed by atoms with Gasteiger partial charge in [0.2, 0.25) is 17.1 Å². The zero-order chi connectivity index (χ0) is 38.6. The number of para-hydroxylation sites is 2. The summed E-state index contributed by atoms with van der Waals surface area (Å²) in [5.41, 5.74) is 14.3. The van der Waals surface area contributed by atoms with Gasteiger partial charge in [-0.2, -0.15) is 4.58 Å². The molecule has 0 spiro atoms. The summed E-state index contributed by atoms with van der Waals surface area (Å²) in [5.74, 6) is 0. The normalized spacial score (nSPS) is 21.4. The molecule has 1 fully saturated rings. The molecule has 3 heteroatoms. The van der Waals surface area contributed by atoms with Crippen LogP contribution in [0.2, 0.25) is 0 Å². The first-order valence-corrected chi connectivity index (χ1v) is 20.3. The zero-order valence-corrected chi connectivity index (χ0v) is 33.6. The van der Waals surface area contributed by atoms with Crippen molar-refractivity contribution in [2.45, 2.75) is 63.8 Å². The van der Waals surface area contributed by atoms with Crippen molar-refractivity contribution < 1.29 is 0 Å². The van der Waals surface area contributed by atoms with Crippen LogP contribution < -0.4 is 14.8 Å².